The van der Waals surface area contributed by atoms with E-state index in [1.54, 1.807) is 0 Å². The van der Waals surface area contributed by atoms with E-state index in [0.717, 1.165) is 9.52 Å². The molecular formula is C42H34SiZr. The van der Waals surface area contributed by atoms with Gasteiger partial charge in [0.2, 0.25) is 0 Å². The fourth-order valence-electron chi connectivity index (χ4n) is 7.55. The van der Waals surface area contributed by atoms with Crippen LogP contribution in [0.25, 0.3) is 56.0 Å². The average Bonchev–Trinajstić information content (AvgIpc) is 3.55. The van der Waals surface area contributed by atoms with Crippen LogP contribution in [0.2, 0.25) is 12.1 Å². The Hall–Kier alpha value is -3.58. The Balaban J connectivity index is 0.00000312. The van der Waals surface area contributed by atoms with E-state index in [1.807, 2.05) is 0 Å². The summed E-state index contributed by atoms with van der Waals surface area (Å²) in [5, 5.41) is 5.27. The van der Waals surface area contributed by atoms with Gasteiger partial charge in [0.25, 0.3) is 0 Å². The van der Waals surface area contributed by atoms with Crippen LogP contribution in [-0.2, 0) is 26.2 Å². The van der Waals surface area contributed by atoms with Gasteiger partial charge in [-0.25, -0.2) is 0 Å². The van der Waals surface area contributed by atoms with Crippen LogP contribution >= 0.6 is 0 Å². The third-order valence-electron chi connectivity index (χ3n) is 9.73. The molecule has 2 aliphatic rings. The van der Waals surface area contributed by atoms with Crippen molar-refractivity contribution >= 4 is 43.2 Å². The summed E-state index contributed by atoms with van der Waals surface area (Å²) in [6.45, 7) is 4.68. The minimum absolute atomic E-state index is 0. The Labute approximate surface area is 282 Å². The second-order valence-corrected chi connectivity index (χ2v) is 13.5. The molecule has 0 aromatic heterocycles. The molecule has 0 bridgehead atoms. The molecule has 210 valence electrons. The van der Waals surface area contributed by atoms with Gasteiger partial charge in [-0.1, -0.05) is 157 Å². The van der Waals surface area contributed by atoms with E-state index in [1.165, 1.54) is 89.3 Å². The predicted molar refractivity (Wildman–Crippen MR) is 187 cm³/mol. The minimum Gasteiger partial charge on any atom is -0.0655 e. The molecule has 2 radical (unpaired) electrons. The number of rotatable bonds is 6. The van der Waals surface area contributed by atoms with Gasteiger partial charge >= 0.3 is 0 Å². The van der Waals surface area contributed by atoms with Gasteiger partial charge in [0.05, 0.1) is 0 Å². The standard InChI is InChI=1S/C42H34Si.Zr/c1-27-23-39-35(33-17-7-13-29-11-3-5-15-31(29)33)19-9-21-37(39)41(27)25-43-26-42-28(2)24-40-36(20-10-22-38(40)42)34-18-8-14-30-12-4-6-16-32(30)34;/h3-24,41-42H,25-26H2,1-2H3;. The molecule has 2 unspecified atom stereocenters. The van der Waals surface area contributed by atoms with Crippen LogP contribution in [-0.4, -0.2) is 9.52 Å². The van der Waals surface area contributed by atoms with Crippen LogP contribution in [0.1, 0.15) is 47.9 Å². The van der Waals surface area contributed by atoms with E-state index >= 15 is 0 Å². The Morgan fingerprint density at radius 1 is 0.455 bits per heavy atom. The van der Waals surface area contributed by atoms with Crippen molar-refractivity contribution in [1.29, 1.82) is 0 Å². The number of benzene rings is 6. The van der Waals surface area contributed by atoms with Crippen molar-refractivity contribution in [2.24, 2.45) is 0 Å². The van der Waals surface area contributed by atoms with Gasteiger partial charge in [0, 0.05) is 47.6 Å². The summed E-state index contributed by atoms with van der Waals surface area (Å²) >= 11 is 0. The van der Waals surface area contributed by atoms with Gasteiger partial charge in [-0.05, 0) is 79.9 Å². The van der Waals surface area contributed by atoms with Crippen LogP contribution < -0.4 is 0 Å². The van der Waals surface area contributed by atoms with Crippen molar-refractivity contribution in [3.63, 3.8) is 0 Å². The molecular weight excluding hydrogens is 624 g/mol. The van der Waals surface area contributed by atoms with Crippen molar-refractivity contribution in [1.82, 2.24) is 0 Å². The summed E-state index contributed by atoms with van der Waals surface area (Å²) in [5.74, 6) is 1.02. The molecule has 2 heteroatoms. The van der Waals surface area contributed by atoms with Gasteiger partial charge in [0.15, 0.2) is 0 Å². The first-order valence-electron chi connectivity index (χ1n) is 15.5. The molecule has 0 aliphatic heterocycles. The topological polar surface area (TPSA) is 0 Å². The molecule has 44 heavy (non-hydrogen) atoms. The second kappa shape index (κ2) is 12.1. The molecule has 0 heterocycles. The Kier molecular flexibility index (Phi) is 8.00. The SMILES string of the molecule is CC1=Cc2c(-c3cccc4ccccc34)cccc2C1C[Si]CC1C(C)=Cc2c(-c3cccc4ccccc34)cccc21.[Zr]. The Bertz CT molecular complexity index is 1940. The summed E-state index contributed by atoms with van der Waals surface area (Å²) in [6.07, 6.45) is 4.93. The minimum atomic E-state index is 0. The van der Waals surface area contributed by atoms with Crippen LogP contribution in [0.4, 0.5) is 0 Å². The van der Waals surface area contributed by atoms with E-state index in [9.17, 15) is 0 Å². The van der Waals surface area contributed by atoms with Gasteiger partial charge in [-0.15, -0.1) is 0 Å². The summed E-state index contributed by atoms with van der Waals surface area (Å²) < 4.78 is 0. The average molecular weight is 658 g/mol. The molecule has 0 saturated heterocycles. The van der Waals surface area contributed by atoms with Gasteiger partial charge in [-0.2, -0.15) is 0 Å². The monoisotopic (exact) mass is 656 g/mol. The zero-order chi connectivity index (χ0) is 28.9. The van der Waals surface area contributed by atoms with Crippen molar-refractivity contribution < 1.29 is 26.2 Å². The van der Waals surface area contributed by atoms with E-state index in [4.69, 9.17) is 0 Å². The van der Waals surface area contributed by atoms with Crippen molar-refractivity contribution in [2.45, 2.75) is 37.8 Å². The van der Waals surface area contributed by atoms with Crippen LogP contribution in [0.15, 0.2) is 132 Å². The molecule has 6 aromatic carbocycles. The number of hydrogen-bond donors (Lipinski definition) is 0. The number of allylic oxidation sites excluding steroid dienone is 2. The van der Waals surface area contributed by atoms with E-state index < -0.39 is 0 Å². The second-order valence-electron chi connectivity index (χ2n) is 12.2. The summed E-state index contributed by atoms with van der Waals surface area (Å²) in [4.78, 5) is 0. The zero-order valence-electron chi connectivity index (χ0n) is 25.3. The maximum atomic E-state index is 2.47. The smallest absolute Gasteiger partial charge is 0.0397 e. The predicted octanol–water partition coefficient (Wildman–Crippen LogP) is 11.6. The molecule has 8 rings (SSSR count). The first kappa shape index (κ1) is 29.1. The summed E-state index contributed by atoms with van der Waals surface area (Å²) in [6, 6.07) is 47.3. The number of fused-ring (bicyclic) bond motifs is 4. The third-order valence-corrected chi connectivity index (χ3v) is 11.1. The maximum Gasteiger partial charge on any atom is 0.0397 e. The Morgan fingerprint density at radius 3 is 1.32 bits per heavy atom. The normalized spacial score (nSPS) is 16.8. The Morgan fingerprint density at radius 2 is 0.841 bits per heavy atom. The molecule has 6 aromatic rings. The third kappa shape index (κ3) is 4.93. The largest absolute Gasteiger partial charge is 0.0655 e. The van der Waals surface area contributed by atoms with Gasteiger partial charge < -0.3 is 0 Å². The van der Waals surface area contributed by atoms with Crippen molar-refractivity contribution in [2.75, 3.05) is 0 Å². The quantitative estimate of drug-likeness (QED) is 0.156. The van der Waals surface area contributed by atoms with E-state index in [-0.39, 0.29) is 26.2 Å². The first-order valence-corrected chi connectivity index (χ1v) is 16.9. The van der Waals surface area contributed by atoms with Crippen molar-refractivity contribution in [3.8, 4) is 22.3 Å². The number of hydrogen-bond acceptors (Lipinski definition) is 0. The molecule has 2 atom stereocenters. The van der Waals surface area contributed by atoms with Crippen LogP contribution in [0.3, 0.4) is 0 Å². The molecule has 0 saturated carbocycles. The van der Waals surface area contributed by atoms with Crippen LogP contribution in [0, 0.1) is 0 Å². The molecule has 0 spiro atoms. The first-order chi connectivity index (χ1) is 21.2. The van der Waals surface area contributed by atoms with Gasteiger partial charge in [-0.3, -0.25) is 0 Å². The summed E-state index contributed by atoms with van der Waals surface area (Å²) in [7, 11) is 0.910. The molecule has 0 amide bonds. The fraction of sp³-hybridized carbons (Fsp3) is 0.143. The molecule has 0 nitrogen and oxygen atoms in total. The van der Waals surface area contributed by atoms with E-state index in [2.05, 4.69) is 147 Å². The van der Waals surface area contributed by atoms with Crippen molar-refractivity contribution in [3.05, 3.63) is 155 Å². The van der Waals surface area contributed by atoms with E-state index in [0.29, 0.717) is 11.8 Å². The molecule has 0 fully saturated rings. The fourth-order valence-corrected chi connectivity index (χ4v) is 9.38. The van der Waals surface area contributed by atoms with Crippen LogP contribution in [0.5, 0.6) is 0 Å². The molecule has 0 N–H and O–H groups in total. The summed E-state index contributed by atoms with van der Waals surface area (Å²) in [5.41, 5.74) is 14.3. The zero-order valence-corrected chi connectivity index (χ0v) is 28.7. The molecule has 2 aliphatic carbocycles. The van der Waals surface area contributed by atoms with Gasteiger partial charge in [0.1, 0.15) is 0 Å². The maximum absolute atomic E-state index is 2.47.